The van der Waals surface area contributed by atoms with Gasteiger partial charge >= 0.3 is 0 Å². The summed E-state index contributed by atoms with van der Waals surface area (Å²) < 4.78 is 0. The fourth-order valence-electron chi connectivity index (χ4n) is 5.77. The number of carbonyl (C=O) groups is 1. The van der Waals surface area contributed by atoms with Crippen LogP contribution in [0.15, 0.2) is 23.8 Å². The maximum Gasteiger partial charge on any atom is 0.158 e. The molecule has 21 heavy (non-hydrogen) atoms. The third-order valence-corrected chi connectivity index (χ3v) is 7.02. The second kappa shape index (κ2) is 5.11. The molecule has 116 valence electrons. The van der Waals surface area contributed by atoms with E-state index in [1.54, 1.807) is 0 Å². The maximum absolute atomic E-state index is 12.5. The van der Waals surface area contributed by atoms with E-state index in [-0.39, 0.29) is 5.41 Å². The molecule has 0 amide bonds. The van der Waals surface area contributed by atoms with E-state index in [1.165, 1.54) is 31.3 Å². The number of carbonyl (C=O) groups excluding carboxylic acids is 1. The molecular weight excluding hydrogens is 256 g/mol. The Morgan fingerprint density at radius 1 is 1.29 bits per heavy atom. The lowest BCUT2D eigenvalue weighted by Gasteiger charge is -2.49. The van der Waals surface area contributed by atoms with Gasteiger partial charge in [0.1, 0.15) is 0 Å². The van der Waals surface area contributed by atoms with Crippen LogP contribution in [0.4, 0.5) is 0 Å². The molecule has 1 nitrogen and oxygen atoms in total. The highest BCUT2D eigenvalue weighted by Gasteiger charge is 2.58. The normalized spacial score (nSPS) is 43.4. The van der Waals surface area contributed by atoms with Gasteiger partial charge in [0.2, 0.25) is 0 Å². The van der Waals surface area contributed by atoms with Gasteiger partial charge in [0.15, 0.2) is 5.78 Å². The topological polar surface area (TPSA) is 17.1 Å². The van der Waals surface area contributed by atoms with Crippen molar-refractivity contribution in [2.24, 2.45) is 35.0 Å². The Morgan fingerprint density at radius 3 is 2.67 bits per heavy atom. The zero-order valence-corrected chi connectivity index (χ0v) is 14.1. The summed E-state index contributed by atoms with van der Waals surface area (Å²) >= 11 is 0. The zero-order chi connectivity index (χ0) is 15.4. The highest BCUT2D eigenvalue weighted by Crippen LogP contribution is 2.64. The summed E-state index contributed by atoms with van der Waals surface area (Å²) in [5, 5.41) is 0. The van der Waals surface area contributed by atoms with E-state index in [0.29, 0.717) is 35.4 Å². The van der Waals surface area contributed by atoms with E-state index < -0.39 is 0 Å². The summed E-state index contributed by atoms with van der Waals surface area (Å²) in [6, 6.07) is 0. The van der Waals surface area contributed by atoms with E-state index in [9.17, 15) is 4.79 Å². The molecule has 5 unspecified atom stereocenters. The van der Waals surface area contributed by atoms with Gasteiger partial charge in [0, 0.05) is 6.42 Å². The first-order chi connectivity index (χ1) is 9.87. The van der Waals surface area contributed by atoms with Crippen molar-refractivity contribution in [2.45, 2.75) is 59.8 Å². The van der Waals surface area contributed by atoms with Gasteiger partial charge in [-0.2, -0.15) is 0 Å². The molecule has 1 heteroatoms. The van der Waals surface area contributed by atoms with Crippen molar-refractivity contribution in [1.82, 2.24) is 0 Å². The van der Waals surface area contributed by atoms with Crippen LogP contribution >= 0.6 is 0 Å². The van der Waals surface area contributed by atoms with Gasteiger partial charge in [-0.25, -0.2) is 0 Å². The molecule has 0 aromatic rings. The average Bonchev–Trinajstić information content (AvgIpc) is 2.66. The molecule has 0 aromatic heterocycles. The monoisotopic (exact) mass is 286 g/mol. The fourth-order valence-corrected chi connectivity index (χ4v) is 5.77. The molecule has 5 atom stereocenters. The van der Waals surface area contributed by atoms with Crippen molar-refractivity contribution >= 4 is 5.78 Å². The predicted molar refractivity (Wildman–Crippen MR) is 87.9 cm³/mol. The van der Waals surface area contributed by atoms with Crippen LogP contribution in [0.2, 0.25) is 0 Å². The van der Waals surface area contributed by atoms with Crippen LogP contribution in [-0.2, 0) is 4.79 Å². The van der Waals surface area contributed by atoms with Crippen LogP contribution in [0.25, 0.3) is 0 Å². The molecule has 2 saturated carbocycles. The van der Waals surface area contributed by atoms with Gasteiger partial charge in [-0.15, -0.1) is 0 Å². The minimum atomic E-state index is 0.180. The molecule has 1 spiro atoms. The van der Waals surface area contributed by atoms with E-state index >= 15 is 0 Å². The van der Waals surface area contributed by atoms with Gasteiger partial charge in [-0.1, -0.05) is 39.0 Å². The molecule has 0 radical (unpaired) electrons. The highest BCUT2D eigenvalue weighted by molar-refractivity contribution is 5.96. The second-order valence-corrected chi connectivity index (χ2v) is 8.22. The summed E-state index contributed by atoms with van der Waals surface area (Å²) in [6.07, 6.45) is 8.08. The minimum Gasteiger partial charge on any atom is -0.295 e. The fraction of sp³-hybridized carbons (Fsp3) is 0.750. The molecule has 2 fully saturated rings. The second-order valence-electron chi connectivity index (χ2n) is 8.22. The molecule has 0 aromatic carbocycles. The van der Waals surface area contributed by atoms with Crippen LogP contribution in [0.1, 0.15) is 59.8 Å². The summed E-state index contributed by atoms with van der Waals surface area (Å²) in [5.41, 5.74) is 2.63. The van der Waals surface area contributed by atoms with E-state index in [2.05, 4.69) is 33.4 Å². The number of hydrogen-bond acceptors (Lipinski definition) is 1. The smallest absolute Gasteiger partial charge is 0.158 e. The number of ketones is 1. The SMILES string of the molecule is C=C1CCC(C(C)C)C2C=C(C)C(=O)CC23C(C)CCC13. The molecule has 0 heterocycles. The molecule has 0 N–H and O–H groups in total. The van der Waals surface area contributed by atoms with Crippen molar-refractivity contribution in [3.63, 3.8) is 0 Å². The van der Waals surface area contributed by atoms with Crippen molar-refractivity contribution in [1.29, 1.82) is 0 Å². The largest absolute Gasteiger partial charge is 0.295 e. The average molecular weight is 286 g/mol. The van der Waals surface area contributed by atoms with Crippen LogP contribution < -0.4 is 0 Å². The van der Waals surface area contributed by atoms with E-state index in [0.717, 1.165) is 12.0 Å². The molecule has 3 aliphatic rings. The molecule has 3 aliphatic carbocycles. The van der Waals surface area contributed by atoms with Crippen LogP contribution in [0.3, 0.4) is 0 Å². The van der Waals surface area contributed by atoms with Gasteiger partial charge in [-0.05, 0) is 73.2 Å². The lowest BCUT2D eigenvalue weighted by atomic mass is 9.54. The van der Waals surface area contributed by atoms with Crippen molar-refractivity contribution < 1.29 is 4.79 Å². The Hall–Kier alpha value is -0.850. The summed E-state index contributed by atoms with van der Waals surface area (Å²) in [7, 11) is 0. The number of Topliss-reactive ketones (excluding diaryl/α,β-unsaturated/α-hetero) is 1. The number of rotatable bonds is 1. The quantitative estimate of drug-likeness (QED) is 0.607. The van der Waals surface area contributed by atoms with Crippen molar-refractivity contribution in [3.05, 3.63) is 23.8 Å². The maximum atomic E-state index is 12.5. The number of allylic oxidation sites excluding steroid dienone is 3. The Labute approximate surface area is 129 Å². The third kappa shape index (κ3) is 2.07. The Bertz CT molecular complexity index is 498. The highest BCUT2D eigenvalue weighted by atomic mass is 16.1. The van der Waals surface area contributed by atoms with Crippen LogP contribution in [-0.4, -0.2) is 5.78 Å². The first-order valence-corrected chi connectivity index (χ1v) is 8.77. The lowest BCUT2D eigenvalue weighted by Crippen LogP contribution is -2.46. The van der Waals surface area contributed by atoms with Gasteiger partial charge < -0.3 is 0 Å². The van der Waals surface area contributed by atoms with E-state index in [4.69, 9.17) is 0 Å². The third-order valence-electron chi connectivity index (χ3n) is 7.02. The van der Waals surface area contributed by atoms with E-state index in [1.807, 2.05) is 6.92 Å². The van der Waals surface area contributed by atoms with Crippen LogP contribution in [0, 0.1) is 35.0 Å². The summed E-state index contributed by atoms with van der Waals surface area (Å²) in [6.45, 7) is 13.6. The van der Waals surface area contributed by atoms with Crippen molar-refractivity contribution in [3.8, 4) is 0 Å². The Morgan fingerprint density at radius 2 is 2.00 bits per heavy atom. The summed E-state index contributed by atoms with van der Waals surface area (Å²) in [5.74, 6) is 3.59. The Balaban J connectivity index is 2.16. The first-order valence-electron chi connectivity index (χ1n) is 8.77. The minimum absolute atomic E-state index is 0.180. The standard InChI is InChI=1S/C20H30O/c1-12(2)16-8-6-13(3)17-9-7-15(5)20(17)11-19(21)14(4)10-18(16)20/h10,12,15-18H,3,6-9,11H2,1-2,4-5H3. The lowest BCUT2D eigenvalue weighted by molar-refractivity contribution is -0.122. The Kier molecular flexibility index (Phi) is 3.66. The van der Waals surface area contributed by atoms with Crippen molar-refractivity contribution in [2.75, 3.05) is 0 Å². The van der Waals surface area contributed by atoms with Gasteiger partial charge in [-0.3, -0.25) is 4.79 Å². The zero-order valence-electron chi connectivity index (χ0n) is 14.1. The summed E-state index contributed by atoms with van der Waals surface area (Å²) in [4.78, 5) is 12.5. The van der Waals surface area contributed by atoms with Gasteiger partial charge in [0.25, 0.3) is 0 Å². The predicted octanol–water partition coefficient (Wildman–Crippen LogP) is 5.18. The molecule has 0 aliphatic heterocycles. The molecule has 0 bridgehead atoms. The molecule has 3 rings (SSSR count). The molecular formula is C20H30O. The first kappa shape index (κ1) is 15.1. The number of hydrogen-bond donors (Lipinski definition) is 0. The molecule has 0 saturated heterocycles. The van der Waals surface area contributed by atoms with Crippen LogP contribution in [0.5, 0.6) is 0 Å². The van der Waals surface area contributed by atoms with Gasteiger partial charge in [0.05, 0.1) is 0 Å².